The van der Waals surface area contributed by atoms with E-state index in [-0.39, 0.29) is 11.6 Å². The van der Waals surface area contributed by atoms with Crippen LogP contribution in [0.15, 0.2) is 95.1 Å². The van der Waals surface area contributed by atoms with Crippen molar-refractivity contribution in [1.29, 1.82) is 0 Å². The van der Waals surface area contributed by atoms with Crippen LogP contribution in [-0.4, -0.2) is 53.0 Å². The number of hydrazone groups is 2. The zero-order valence-corrected chi connectivity index (χ0v) is 22.2. The maximum absolute atomic E-state index is 13.5. The topological polar surface area (TPSA) is 121 Å². The molecule has 0 bridgehead atoms. The van der Waals surface area contributed by atoms with Gasteiger partial charge in [-0.05, 0) is 0 Å². The molecule has 2 amide bonds. The van der Waals surface area contributed by atoms with Crippen LogP contribution in [0.4, 0.5) is 10.3 Å². The number of anilines is 2. The predicted molar refractivity (Wildman–Crippen MR) is 155 cm³/mol. The van der Waals surface area contributed by atoms with Crippen LogP contribution < -0.4 is 15.8 Å². The lowest BCUT2D eigenvalue weighted by molar-refractivity contribution is -0.112. The third-order valence-corrected chi connectivity index (χ3v) is 7.09. The van der Waals surface area contributed by atoms with E-state index >= 15 is 0 Å². The quantitative estimate of drug-likeness (QED) is 0.160. The van der Waals surface area contributed by atoms with E-state index in [1.54, 1.807) is 6.08 Å². The van der Waals surface area contributed by atoms with E-state index in [1.165, 1.54) is 22.5 Å². The van der Waals surface area contributed by atoms with E-state index in [1.807, 2.05) is 66.0 Å². The van der Waals surface area contributed by atoms with Crippen LogP contribution in [0.25, 0.3) is 11.3 Å². The smallest absolute Gasteiger partial charge is 0.303 e. The monoisotopic (exact) mass is 557 g/mol. The maximum atomic E-state index is 13.5. The molecule has 0 unspecified atom stereocenters. The number of nitrogens with zero attached hydrogens (tertiary/aromatic N) is 5. The van der Waals surface area contributed by atoms with E-state index < -0.39 is 5.91 Å². The molecule has 4 aromatic rings. The van der Waals surface area contributed by atoms with Gasteiger partial charge in [-0.15, -0.1) is 17.9 Å². The second kappa shape index (κ2) is 12.3. The van der Waals surface area contributed by atoms with Gasteiger partial charge in [-0.25, -0.2) is 9.97 Å². The molecule has 0 spiro atoms. The Hall–Kier alpha value is -4.52. The largest absolute Gasteiger partial charge is 0.376 e. The molecule has 10 nitrogen and oxygen atoms in total. The normalized spacial score (nSPS) is 13.9. The highest BCUT2D eigenvalue weighted by Gasteiger charge is 2.36. The fraction of sp³-hybridized carbons (Fsp3) is 0.111. The molecule has 5 rings (SSSR count). The van der Waals surface area contributed by atoms with Gasteiger partial charge in [0, 0.05) is 23.1 Å². The molecule has 0 saturated heterocycles. The van der Waals surface area contributed by atoms with Crippen molar-refractivity contribution in [2.24, 2.45) is 10.2 Å². The van der Waals surface area contributed by atoms with Crippen molar-refractivity contribution in [3.8, 4) is 11.3 Å². The Labute approximate surface area is 232 Å². The second-order valence-corrected chi connectivity index (χ2v) is 9.90. The van der Waals surface area contributed by atoms with Crippen molar-refractivity contribution in [2.75, 3.05) is 30.2 Å². The van der Waals surface area contributed by atoms with Crippen molar-refractivity contribution < 1.29 is 14.3 Å². The number of ether oxygens (including phenoxy) is 1. The van der Waals surface area contributed by atoms with Gasteiger partial charge in [-0.1, -0.05) is 78.1 Å². The molecule has 2 aromatic carbocycles. The number of thiazole rings is 2. The average Bonchev–Trinajstić information content (AvgIpc) is 3.72. The molecule has 1 aliphatic rings. The molecule has 1 aliphatic heterocycles. The first-order valence-electron chi connectivity index (χ1n) is 11.9. The maximum Gasteiger partial charge on any atom is 0.303 e. The number of carbonyl (C=O) groups is 2. The standard InChI is InChI=1S/C27H23N7O3S2/c1-2-14-37-15-13-28-24(35)21-16-29-26(39-21)32-31-23-22(19-11-7-4-8-12-19)33-34(25(23)36)27-30-20(17-38-27)18-9-5-3-6-10-18/h2-12,16-17H,1,13-15H2,(H,28,35)(H,29,32)/b31-23+. The van der Waals surface area contributed by atoms with Gasteiger partial charge in [-0.3, -0.25) is 15.0 Å². The zero-order chi connectivity index (χ0) is 27.0. The number of aromatic nitrogens is 2. The lowest BCUT2D eigenvalue weighted by Gasteiger charge is -2.06. The molecule has 3 heterocycles. The lowest BCUT2D eigenvalue weighted by Crippen LogP contribution is -2.28. The number of benzene rings is 2. The van der Waals surface area contributed by atoms with E-state index in [0.717, 1.165) is 28.2 Å². The van der Waals surface area contributed by atoms with E-state index in [0.29, 0.717) is 40.6 Å². The summed E-state index contributed by atoms with van der Waals surface area (Å²) in [5.41, 5.74) is 5.75. The van der Waals surface area contributed by atoms with Gasteiger partial charge in [0.25, 0.3) is 5.91 Å². The fourth-order valence-electron chi connectivity index (χ4n) is 3.54. The number of nitrogens with one attached hydrogen (secondary N) is 2. The first-order valence-corrected chi connectivity index (χ1v) is 13.6. The predicted octanol–water partition coefficient (Wildman–Crippen LogP) is 4.42. The zero-order valence-electron chi connectivity index (χ0n) is 20.6. The van der Waals surface area contributed by atoms with Crippen LogP contribution in [0.3, 0.4) is 0 Å². The summed E-state index contributed by atoms with van der Waals surface area (Å²) in [4.78, 5) is 35.1. The highest BCUT2D eigenvalue weighted by Crippen LogP contribution is 2.30. The van der Waals surface area contributed by atoms with E-state index in [9.17, 15) is 9.59 Å². The van der Waals surface area contributed by atoms with Crippen LogP contribution in [-0.2, 0) is 9.53 Å². The highest BCUT2D eigenvalue weighted by molar-refractivity contribution is 7.17. The molecular weight excluding hydrogens is 534 g/mol. The summed E-state index contributed by atoms with van der Waals surface area (Å²) in [6.45, 7) is 4.74. The molecule has 2 aromatic heterocycles. The number of amides is 2. The van der Waals surface area contributed by atoms with E-state index in [2.05, 4.69) is 37.5 Å². The average molecular weight is 558 g/mol. The Bertz CT molecular complexity index is 1530. The number of rotatable bonds is 11. The summed E-state index contributed by atoms with van der Waals surface area (Å²) in [7, 11) is 0. The van der Waals surface area contributed by atoms with Gasteiger partial charge in [0.15, 0.2) is 5.71 Å². The molecule has 196 valence electrons. The molecule has 0 saturated carbocycles. The summed E-state index contributed by atoms with van der Waals surface area (Å²) >= 11 is 2.43. The van der Waals surface area contributed by atoms with Crippen LogP contribution in [0.1, 0.15) is 15.2 Å². The highest BCUT2D eigenvalue weighted by atomic mass is 32.1. The Kier molecular flexibility index (Phi) is 8.26. The van der Waals surface area contributed by atoms with Crippen molar-refractivity contribution >= 4 is 56.2 Å². The van der Waals surface area contributed by atoms with Gasteiger partial charge >= 0.3 is 5.91 Å². The lowest BCUT2D eigenvalue weighted by atomic mass is 10.1. The third-order valence-electron chi connectivity index (χ3n) is 5.37. The first-order chi connectivity index (χ1) is 19.1. The van der Waals surface area contributed by atoms with Gasteiger partial charge in [-0.2, -0.15) is 15.2 Å². The van der Waals surface area contributed by atoms with Crippen molar-refractivity contribution in [3.05, 3.63) is 95.3 Å². The van der Waals surface area contributed by atoms with Crippen LogP contribution in [0, 0.1) is 0 Å². The van der Waals surface area contributed by atoms with Crippen molar-refractivity contribution in [1.82, 2.24) is 15.3 Å². The van der Waals surface area contributed by atoms with Crippen molar-refractivity contribution in [3.63, 3.8) is 0 Å². The Morgan fingerprint density at radius 3 is 2.59 bits per heavy atom. The Balaban J connectivity index is 1.34. The summed E-state index contributed by atoms with van der Waals surface area (Å²) in [5.74, 6) is -0.701. The number of hydrogen-bond donors (Lipinski definition) is 2. The van der Waals surface area contributed by atoms with Crippen molar-refractivity contribution in [2.45, 2.75) is 0 Å². The minimum atomic E-state index is -0.427. The Morgan fingerprint density at radius 2 is 1.85 bits per heavy atom. The molecule has 0 radical (unpaired) electrons. The van der Waals surface area contributed by atoms with Crippen LogP contribution in [0.2, 0.25) is 0 Å². The summed E-state index contributed by atoms with van der Waals surface area (Å²) < 4.78 is 5.26. The SMILES string of the molecule is C=CCOCCNC(=O)c1cnc(N/N=C2/C(=O)N(c3nc(-c4ccccc4)cs3)N=C2c2ccccc2)s1. The fourth-order valence-corrected chi connectivity index (χ4v) is 5.00. The minimum absolute atomic E-state index is 0.109. The number of carbonyl (C=O) groups excluding carboxylic acids is 2. The van der Waals surface area contributed by atoms with E-state index in [4.69, 9.17) is 4.74 Å². The summed E-state index contributed by atoms with van der Waals surface area (Å²) in [5, 5.41) is 15.6. The summed E-state index contributed by atoms with van der Waals surface area (Å²) in [6, 6.07) is 19.0. The van der Waals surface area contributed by atoms with Crippen LogP contribution in [0.5, 0.6) is 0 Å². The molecule has 0 aliphatic carbocycles. The second-order valence-electron chi connectivity index (χ2n) is 8.03. The Morgan fingerprint density at radius 1 is 1.10 bits per heavy atom. The molecule has 0 atom stereocenters. The van der Waals surface area contributed by atoms with Gasteiger partial charge in [0.05, 0.1) is 25.1 Å². The molecule has 0 fully saturated rings. The number of hydrogen-bond acceptors (Lipinski definition) is 10. The minimum Gasteiger partial charge on any atom is -0.376 e. The molecule has 12 heteroatoms. The first kappa shape index (κ1) is 26.1. The third kappa shape index (κ3) is 6.14. The molecule has 39 heavy (non-hydrogen) atoms. The van der Waals surface area contributed by atoms with Crippen LogP contribution >= 0.6 is 22.7 Å². The molecule has 2 N–H and O–H groups in total. The summed E-state index contributed by atoms with van der Waals surface area (Å²) in [6.07, 6.45) is 3.09. The van der Waals surface area contributed by atoms with Gasteiger partial charge in [0.1, 0.15) is 10.6 Å². The van der Waals surface area contributed by atoms with Gasteiger partial charge < -0.3 is 10.1 Å². The van der Waals surface area contributed by atoms with Gasteiger partial charge in [0.2, 0.25) is 10.3 Å². The molecular formula is C27H23N7O3S2.